The fourth-order valence-electron chi connectivity index (χ4n) is 3.07. The van der Waals surface area contributed by atoms with Crippen LogP contribution in [0.25, 0.3) is 10.5 Å². The van der Waals surface area contributed by atoms with Crippen molar-refractivity contribution in [1.82, 2.24) is 0 Å². The summed E-state index contributed by atoms with van der Waals surface area (Å²) in [5.74, 6) is 0.853. The van der Waals surface area contributed by atoms with Crippen LogP contribution in [-0.2, 0) is 0 Å². The van der Waals surface area contributed by atoms with Crippen LogP contribution in [0.3, 0.4) is 0 Å². The molecule has 1 aliphatic heterocycles. The van der Waals surface area contributed by atoms with E-state index >= 15 is 0 Å². The maximum absolute atomic E-state index is 6.98. The van der Waals surface area contributed by atoms with Gasteiger partial charge in [0.15, 0.2) is 0 Å². The Labute approximate surface area is 167 Å². The molecule has 27 heavy (non-hydrogen) atoms. The SMILES string of the molecule is COc1ccc(C2=CC(c3ccccc3)=S(Cl)C(c3ccccc3)=C2)cc1. The van der Waals surface area contributed by atoms with Crippen LogP contribution in [-0.4, -0.2) is 12.0 Å². The first kappa shape index (κ1) is 17.8. The van der Waals surface area contributed by atoms with Gasteiger partial charge in [0.1, 0.15) is 5.75 Å². The zero-order chi connectivity index (χ0) is 18.6. The summed E-state index contributed by atoms with van der Waals surface area (Å²) in [7, 11) is 8.14. The van der Waals surface area contributed by atoms with E-state index in [1.807, 2.05) is 24.3 Å². The van der Waals surface area contributed by atoms with Crippen LogP contribution in [0.5, 0.6) is 5.75 Å². The molecule has 1 aliphatic rings. The molecule has 134 valence electrons. The van der Waals surface area contributed by atoms with Crippen molar-refractivity contribution in [1.29, 1.82) is 0 Å². The zero-order valence-corrected chi connectivity index (χ0v) is 16.5. The van der Waals surface area contributed by atoms with Gasteiger partial charge in [-0.25, -0.2) is 0 Å². The van der Waals surface area contributed by atoms with Crippen LogP contribution in [0.4, 0.5) is 0 Å². The van der Waals surface area contributed by atoms with E-state index in [9.17, 15) is 0 Å². The molecular weight excluding hydrogens is 372 g/mol. The summed E-state index contributed by atoms with van der Waals surface area (Å²) < 4.78 is 5.29. The van der Waals surface area contributed by atoms with E-state index in [0.29, 0.717) is 0 Å². The van der Waals surface area contributed by atoms with Gasteiger partial charge in [0.2, 0.25) is 0 Å². The molecule has 0 saturated carbocycles. The lowest BCUT2D eigenvalue weighted by Crippen LogP contribution is -2.02. The van der Waals surface area contributed by atoms with E-state index < -0.39 is 9.70 Å². The van der Waals surface area contributed by atoms with Crippen molar-refractivity contribution < 1.29 is 4.74 Å². The van der Waals surface area contributed by atoms with E-state index in [0.717, 1.165) is 37.8 Å². The molecule has 1 nitrogen and oxygen atoms in total. The zero-order valence-electron chi connectivity index (χ0n) is 14.9. The molecule has 0 N–H and O–H groups in total. The van der Waals surface area contributed by atoms with Crippen molar-refractivity contribution in [2.45, 2.75) is 0 Å². The maximum Gasteiger partial charge on any atom is 0.118 e. The standard InChI is InChI=1S/C24H19ClOS/c1-26-22-14-12-18(13-15-22)21-16-23(19-8-4-2-5-9-19)27(25)24(17-21)20-10-6-3-7-11-20/h2-17H,1H3. The molecule has 0 fully saturated rings. The van der Waals surface area contributed by atoms with E-state index in [1.54, 1.807) is 7.11 Å². The fraction of sp³-hybridized carbons (Fsp3) is 0.0417. The van der Waals surface area contributed by atoms with Gasteiger partial charge < -0.3 is 4.74 Å². The van der Waals surface area contributed by atoms with Crippen LogP contribution < -0.4 is 4.74 Å². The minimum absolute atomic E-state index is 0.519. The molecule has 1 atom stereocenters. The molecule has 0 bridgehead atoms. The molecule has 1 unspecified atom stereocenters. The van der Waals surface area contributed by atoms with Crippen molar-refractivity contribution in [3.05, 3.63) is 114 Å². The Morgan fingerprint density at radius 2 is 1.26 bits per heavy atom. The first-order chi connectivity index (χ1) is 13.3. The van der Waals surface area contributed by atoms with Crippen molar-refractivity contribution in [3.8, 4) is 5.75 Å². The summed E-state index contributed by atoms with van der Waals surface area (Å²) in [5, 5.41) is 0. The summed E-state index contributed by atoms with van der Waals surface area (Å²) in [4.78, 5) is 2.29. The minimum atomic E-state index is -0.519. The number of ether oxygens (including phenoxy) is 1. The van der Waals surface area contributed by atoms with Gasteiger partial charge in [-0.1, -0.05) is 82.5 Å². The molecule has 1 heterocycles. The number of methoxy groups -OCH3 is 1. The van der Waals surface area contributed by atoms with Crippen LogP contribution in [0.2, 0.25) is 0 Å². The normalized spacial score (nSPS) is 16.5. The van der Waals surface area contributed by atoms with Crippen molar-refractivity contribution in [3.63, 3.8) is 0 Å². The first-order valence-electron chi connectivity index (χ1n) is 8.72. The number of allylic oxidation sites excluding steroid dienone is 3. The average molecular weight is 391 g/mol. The van der Waals surface area contributed by atoms with E-state index in [1.165, 1.54) is 0 Å². The van der Waals surface area contributed by atoms with Gasteiger partial charge >= 0.3 is 0 Å². The second kappa shape index (κ2) is 7.99. The quantitative estimate of drug-likeness (QED) is 0.446. The summed E-state index contributed by atoms with van der Waals surface area (Å²) >= 11 is 0. The van der Waals surface area contributed by atoms with Gasteiger partial charge in [-0.3, -0.25) is 0 Å². The van der Waals surface area contributed by atoms with E-state index in [-0.39, 0.29) is 0 Å². The Morgan fingerprint density at radius 1 is 0.667 bits per heavy atom. The highest BCUT2D eigenvalue weighted by molar-refractivity contribution is 8.42. The molecule has 0 aromatic heterocycles. The second-order valence-electron chi connectivity index (χ2n) is 6.19. The fourth-order valence-corrected chi connectivity index (χ4v) is 5.26. The molecule has 4 rings (SSSR count). The van der Waals surface area contributed by atoms with Crippen molar-refractivity contribution in [2.75, 3.05) is 7.11 Å². The van der Waals surface area contributed by atoms with Crippen LogP contribution in [0, 0.1) is 0 Å². The lowest BCUT2D eigenvalue weighted by molar-refractivity contribution is 0.415. The van der Waals surface area contributed by atoms with Gasteiger partial charge in [-0.15, -0.1) is 0 Å². The number of rotatable bonds is 4. The Balaban J connectivity index is 1.88. The van der Waals surface area contributed by atoms with E-state index in [2.05, 4.69) is 72.8 Å². The van der Waals surface area contributed by atoms with E-state index in [4.69, 9.17) is 15.4 Å². The number of halogens is 1. The lowest BCUT2D eigenvalue weighted by atomic mass is 10.0. The number of hydrogen-bond acceptors (Lipinski definition) is 1. The van der Waals surface area contributed by atoms with Crippen molar-refractivity contribution in [2.24, 2.45) is 0 Å². The highest BCUT2D eigenvalue weighted by Crippen LogP contribution is 2.45. The third kappa shape index (κ3) is 3.78. The predicted molar refractivity (Wildman–Crippen MR) is 119 cm³/mol. The Morgan fingerprint density at radius 3 is 1.85 bits per heavy atom. The Bertz CT molecular complexity index is 1030. The van der Waals surface area contributed by atoms with Crippen LogP contribution >= 0.6 is 20.4 Å². The minimum Gasteiger partial charge on any atom is -0.497 e. The van der Waals surface area contributed by atoms with Gasteiger partial charge in [0.25, 0.3) is 0 Å². The third-order valence-electron chi connectivity index (χ3n) is 4.50. The van der Waals surface area contributed by atoms with Gasteiger partial charge in [-0.05, 0) is 57.2 Å². The lowest BCUT2D eigenvalue weighted by Gasteiger charge is -2.19. The van der Waals surface area contributed by atoms with Crippen molar-refractivity contribution >= 4 is 35.7 Å². The smallest absolute Gasteiger partial charge is 0.118 e. The third-order valence-corrected chi connectivity index (χ3v) is 6.98. The molecular formula is C24H19ClOS. The second-order valence-corrected chi connectivity index (χ2v) is 8.51. The molecule has 0 aliphatic carbocycles. The summed E-state index contributed by atoms with van der Waals surface area (Å²) in [6, 6.07) is 28.9. The summed E-state index contributed by atoms with van der Waals surface area (Å²) in [6.45, 7) is 0. The predicted octanol–water partition coefficient (Wildman–Crippen LogP) is 6.78. The number of benzene rings is 3. The monoisotopic (exact) mass is 390 g/mol. The topological polar surface area (TPSA) is 9.23 Å². The molecule has 3 heteroatoms. The first-order valence-corrected chi connectivity index (χ1v) is 10.8. The highest BCUT2D eigenvalue weighted by atomic mass is 35.7. The van der Waals surface area contributed by atoms with Gasteiger partial charge in [-0.2, -0.15) is 0 Å². The maximum atomic E-state index is 6.98. The van der Waals surface area contributed by atoms with Gasteiger partial charge in [0, 0.05) is 9.77 Å². The molecule has 0 amide bonds. The Kier molecular flexibility index (Phi) is 5.28. The Hall–Kier alpha value is -2.55. The average Bonchev–Trinajstić information content (AvgIpc) is 2.75. The molecule has 0 radical (unpaired) electrons. The molecule has 3 aromatic carbocycles. The van der Waals surface area contributed by atoms with Crippen LogP contribution in [0.15, 0.2) is 97.1 Å². The molecule has 0 spiro atoms. The van der Waals surface area contributed by atoms with Crippen LogP contribution in [0.1, 0.15) is 16.7 Å². The number of hydrogen-bond donors (Lipinski definition) is 0. The summed E-state index contributed by atoms with van der Waals surface area (Å²) in [6.07, 6.45) is 4.42. The summed E-state index contributed by atoms with van der Waals surface area (Å²) in [5.41, 5.74) is 4.61. The largest absolute Gasteiger partial charge is 0.497 e. The highest BCUT2D eigenvalue weighted by Gasteiger charge is 2.17. The molecule has 3 aromatic rings. The molecule has 0 saturated heterocycles. The van der Waals surface area contributed by atoms with Gasteiger partial charge in [0.05, 0.1) is 7.11 Å².